The molecule has 16 heavy (non-hydrogen) atoms. The van der Waals surface area contributed by atoms with Crippen LogP contribution < -0.4 is 10.1 Å². The Hall–Kier alpha value is -1.55. The maximum atomic E-state index is 11.2. The normalized spacial score (nSPS) is 22.2. The maximum Gasteiger partial charge on any atom is 0.224 e. The highest BCUT2D eigenvalue weighted by Crippen LogP contribution is 2.31. The van der Waals surface area contributed by atoms with Gasteiger partial charge in [-0.25, -0.2) is 0 Å². The van der Waals surface area contributed by atoms with Crippen molar-refractivity contribution < 1.29 is 14.3 Å². The molecule has 0 spiro atoms. The van der Waals surface area contributed by atoms with Gasteiger partial charge in [0.25, 0.3) is 0 Å². The number of fused-ring (bicyclic) bond motifs is 1. The lowest BCUT2D eigenvalue weighted by atomic mass is 10.0. The summed E-state index contributed by atoms with van der Waals surface area (Å²) in [5, 5.41) is 2.85. The highest BCUT2D eigenvalue weighted by atomic mass is 16.6. The molecule has 0 radical (unpaired) electrons. The van der Waals surface area contributed by atoms with Gasteiger partial charge in [-0.1, -0.05) is 6.07 Å². The molecular formula is C12H13NO3. The fourth-order valence-electron chi connectivity index (χ4n) is 1.87. The molecule has 0 bridgehead atoms. The molecule has 0 aliphatic carbocycles. The van der Waals surface area contributed by atoms with E-state index < -0.39 is 0 Å². The number of amides is 1. The third-order valence-corrected chi connectivity index (χ3v) is 2.84. The van der Waals surface area contributed by atoms with E-state index in [4.69, 9.17) is 9.47 Å². The van der Waals surface area contributed by atoms with Gasteiger partial charge in [0.05, 0.1) is 6.61 Å². The van der Waals surface area contributed by atoms with Crippen LogP contribution in [0.4, 0.5) is 5.69 Å². The zero-order valence-corrected chi connectivity index (χ0v) is 8.86. The van der Waals surface area contributed by atoms with Crippen molar-refractivity contribution in [2.45, 2.75) is 18.9 Å². The van der Waals surface area contributed by atoms with Crippen LogP contribution in [0.5, 0.6) is 5.75 Å². The first kappa shape index (κ1) is 9.66. The highest BCUT2D eigenvalue weighted by Gasteiger charge is 2.24. The van der Waals surface area contributed by atoms with Crippen LogP contribution in [0.2, 0.25) is 0 Å². The van der Waals surface area contributed by atoms with E-state index in [0.717, 1.165) is 30.0 Å². The number of carbonyl (C=O) groups excluding carboxylic acids is 1. The average Bonchev–Trinajstić information content (AvgIpc) is 3.09. The number of hydrogen-bond acceptors (Lipinski definition) is 3. The van der Waals surface area contributed by atoms with Crippen molar-refractivity contribution in [2.75, 3.05) is 18.5 Å². The molecule has 1 fully saturated rings. The van der Waals surface area contributed by atoms with E-state index in [1.807, 2.05) is 18.2 Å². The van der Waals surface area contributed by atoms with Crippen molar-refractivity contribution in [3.8, 4) is 5.75 Å². The first-order chi connectivity index (χ1) is 7.83. The van der Waals surface area contributed by atoms with Crippen molar-refractivity contribution in [1.82, 2.24) is 0 Å². The van der Waals surface area contributed by atoms with Crippen LogP contribution in [-0.2, 0) is 16.0 Å². The van der Waals surface area contributed by atoms with Gasteiger partial charge >= 0.3 is 0 Å². The second-order valence-electron chi connectivity index (χ2n) is 4.10. The minimum atomic E-state index is 0.0789. The largest absolute Gasteiger partial charge is 0.490 e. The number of ether oxygens (including phenoxy) is 2. The first-order valence-electron chi connectivity index (χ1n) is 5.49. The third-order valence-electron chi connectivity index (χ3n) is 2.84. The summed E-state index contributed by atoms with van der Waals surface area (Å²) in [5.41, 5.74) is 1.98. The predicted octanol–water partition coefficient (Wildman–Crippen LogP) is 1.35. The number of hydrogen-bond donors (Lipinski definition) is 1. The fourth-order valence-corrected chi connectivity index (χ4v) is 1.87. The van der Waals surface area contributed by atoms with Gasteiger partial charge in [-0.15, -0.1) is 0 Å². The Morgan fingerprint density at radius 3 is 3.12 bits per heavy atom. The number of epoxide rings is 1. The van der Waals surface area contributed by atoms with Gasteiger partial charge in [-0.2, -0.15) is 0 Å². The molecule has 2 aliphatic heterocycles. The molecule has 1 N–H and O–H groups in total. The Labute approximate surface area is 93.5 Å². The summed E-state index contributed by atoms with van der Waals surface area (Å²) in [6, 6.07) is 5.75. The van der Waals surface area contributed by atoms with Crippen LogP contribution in [0.1, 0.15) is 12.0 Å². The maximum absolute atomic E-state index is 11.2. The summed E-state index contributed by atoms with van der Waals surface area (Å²) in [7, 11) is 0. The Morgan fingerprint density at radius 1 is 1.44 bits per heavy atom. The summed E-state index contributed by atoms with van der Waals surface area (Å²) >= 11 is 0. The Morgan fingerprint density at radius 2 is 2.31 bits per heavy atom. The standard InChI is InChI=1S/C12H13NO3/c14-12-5-4-9-10(13-12)2-1-3-11(9)16-7-8-6-15-8/h1-3,8H,4-7H2,(H,13,14)/t8-/m0/s1. The molecule has 0 saturated carbocycles. The molecule has 4 nitrogen and oxygen atoms in total. The lowest BCUT2D eigenvalue weighted by Gasteiger charge is -2.19. The van der Waals surface area contributed by atoms with E-state index in [1.165, 1.54) is 0 Å². The molecule has 0 unspecified atom stereocenters. The minimum Gasteiger partial charge on any atom is -0.490 e. The molecule has 3 rings (SSSR count). The lowest BCUT2D eigenvalue weighted by molar-refractivity contribution is -0.116. The lowest BCUT2D eigenvalue weighted by Crippen LogP contribution is -2.19. The number of anilines is 1. The third kappa shape index (κ3) is 1.88. The molecule has 1 amide bonds. The fraction of sp³-hybridized carbons (Fsp3) is 0.417. The smallest absolute Gasteiger partial charge is 0.224 e. The van der Waals surface area contributed by atoms with Crippen LogP contribution in [0.15, 0.2) is 18.2 Å². The molecule has 1 atom stereocenters. The zero-order chi connectivity index (χ0) is 11.0. The number of nitrogens with one attached hydrogen (secondary N) is 1. The number of benzene rings is 1. The van der Waals surface area contributed by atoms with Gasteiger partial charge in [0.1, 0.15) is 18.5 Å². The van der Waals surface area contributed by atoms with E-state index in [2.05, 4.69) is 5.32 Å². The van der Waals surface area contributed by atoms with Crippen LogP contribution >= 0.6 is 0 Å². The van der Waals surface area contributed by atoms with Gasteiger partial charge in [-0.3, -0.25) is 4.79 Å². The molecule has 4 heteroatoms. The zero-order valence-electron chi connectivity index (χ0n) is 8.86. The van der Waals surface area contributed by atoms with Crippen molar-refractivity contribution in [2.24, 2.45) is 0 Å². The second kappa shape index (κ2) is 3.79. The summed E-state index contributed by atoms with van der Waals surface area (Å²) in [6.07, 6.45) is 1.55. The van der Waals surface area contributed by atoms with Crippen molar-refractivity contribution in [3.63, 3.8) is 0 Å². The molecule has 0 aromatic heterocycles. The molecular weight excluding hydrogens is 206 g/mol. The average molecular weight is 219 g/mol. The molecule has 1 saturated heterocycles. The first-order valence-corrected chi connectivity index (χ1v) is 5.49. The van der Waals surface area contributed by atoms with E-state index in [1.54, 1.807) is 0 Å². The summed E-state index contributed by atoms with van der Waals surface area (Å²) in [4.78, 5) is 11.2. The molecule has 2 heterocycles. The van der Waals surface area contributed by atoms with E-state index in [-0.39, 0.29) is 12.0 Å². The van der Waals surface area contributed by atoms with Gasteiger partial charge < -0.3 is 14.8 Å². The number of carbonyl (C=O) groups is 1. The Kier molecular flexibility index (Phi) is 2.29. The van der Waals surface area contributed by atoms with Gasteiger partial charge in [0.2, 0.25) is 5.91 Å². The van der Waals surface area contributed by atoms with Crippen LogP contribution in [-0.4, -0.2) is 25.2 Å². The van der Waals surface area contributed by atoms with Crippen LogP contribution in [0.25, 0.3) is 0 Å². The quantitative estimate of drug-likeness (QED) is 0.781. The van der Waals surface area contributed by atoms with Crippen LogP contribution in [0, 0.1) is 0 Å². The summed E-state index contributed by atoms with van der Waals surface area (Å²) in [5.74, 6) is 0.947. The minimum absolute atomic E-state index is 0.0789. The molecule has 1 aromatic rings. The number of rotatable bonds is 3. The van der Waals surface area contributed by atoms with E-state index in [9.17, 15) is 4.79 Å². The van der Waals surface area contributed by atoms with Crippen molar-refractivity contribution >= 4 is 11.6 Å². The van der Waals surface area contributed by atoms with Crippen molar-refractivity contribution in [3.05, 3.63) is 23.8 Å². The monoisotopic (exact) mass is 219 g/mol. The highest BCUT2D eigenvalue weighted by molar-refractivity contribution is 5.94. The summed E-state index contributed by atoms with van der Waals surface area (Å²) in [6.45, 7) is 1.40. The second-order valence-corrected chi connectivity index (χ2v) is 4.10. The summed E-state index contributed by atoms with van der Waals surface area (Å²) < 4.78 is 10.8. The molecule has 2 aliphatic rings. The molecule has 84 valence electrons. The van der Waals surface area contributed by atoms with Gasteiger partial charge in [0.15, 0.2) is 0 Å². The van der Waals surface area contributed by atoms with E-state index >= 15 is 0 Å². The van der Waals surface area contributed by atoms with E-state index in [0.29, 0.717) is 13.0 Å². The van der Waals surface area contributed by atoms with Crippen molar-refractivity contribution in [1.29, 1.82) is 0 Å². The molecule has 1 aromatic carbocycles. The SMILES string of the molecule is O=C1CCc2c(cccc2OC[C@@H]2CO2)N1. The predicted molar refractivity (Wildman–Crippen MR) is 58.6 cm³/mol. The van der Waals surface area contributed by atoms with Crippen LogP contribution in [0.3, 0.4) is 0 Å². The Bertz CT molecular complexity index is 426. The van der Waals surface area contributed by atoms with Gasteiger partial charge in [0, 0.05) is 17.7 Å². The Balaban J connectivity index is 1.81. The van der Waals surface area contributed by atoms with Gasteiger partial charge in [-0.05, 0) is 18.6 Å². The topological polar surface area (TPSA) is 50.9 Å².